The summed E-state index contributed by atoms with van der Waals surface area (Å²) < 4.78 is 18.3. The quantitative estimate of drug-likeness (QED) is 0.919. The molecule has 1 aromatic carbocycles. The molecule has 1 heterocycles. The van der Waals surface area contributed by atoms with Crippen LogP contribution in [0.4, 0.5) is 4.39 Å². The Hall–Kier alpha value is -1.82. The number of rotatable bonds is 4. The molecule has 0 radical (unpaired) electrons. The molecule has 2 rings (SSSR count). The van der Waals surface area contributed by atoms with Crippen molar-refractivity contribution in [2.24, 2.45) is 0 Å². The third kappa shape index (κ3) is 4.59. The van der Waals surface area contributed by atoms with E-state index in [-0.39, 0.29) is 29.5 Å². The molecule has 0 aromatic heterocycles. The number of carbonyl (C=O) groups excluding carboxylic acids is 2. The number of ether oxygens (including phenoxy) is 1. The Morgan fingerprint density at radius 1 is 1.41 bits per heavy atom. The summed E-state index contributed by atoms with van der Waals surface area (Å²) in [7, 11) is 0. The molecule has 1 aromatic rings. The summed E-state index contributed by atoms with van der Waals surface area (Å²) in [4.78, 5) is 24.8. The highest BCUT2D eigenvalue weighted by Gasteiger charge is 2.21. The first-order valence-corrected chi connectivity index (χ1v) is 7.46. The molecule has 120 valence electrons. The lowest BCUT2D eigenvalue weighted by Crippen LogP contribution is -2.47. The fourth-order valence-corrected chi connectivity index (χ4v) is 2.49. The number of halogens is 2. The minimum Gasteiger partial charge on any atom is -0.484 e. The molecule has 7 heteroatoms. The van der Waals surface area contributed by atoms with Gasteiger partial charge in [0, 0.05) is 32.1 Å². The molecule has 0 bridgehead atoms. The van der Waals surface area contributed by atoms with Crippen molar-refractivity contribution in [2.75, 3.05) is 19.7 Å². The Kier molecular flexibility index (Phi) is 5.60. The molecule has 1 saturated heterocycles. The predicted molar refractivity (Wildman–Crippen MR) is 80.3 cm³/mol. The third-order valence-corrected chi connectivity index (χ3v) is 3.86. The highest BCUT2D eigenvalue weighted by Crippen LogP contribution is 2.21. The Morgan fingerprint density at radius 2 is 2.09 bits per heavy atom. The van der Waals surface area contributed by atoms with E-state index in [0.29, 0.717) is 18.8 Å². The Morgan fingerprint density at radius 3 is 2.68 bits per heavy atom. The Balaban J connectivity index is 1.74. The van der Waals surface area contributed by atoms with Crippen LogP contribution in [0.25, 0.3) is 0 Å². The average molecular weight is 329 g/mol. The molecule has 0 atom stereocenters. The lowest BCUT2D eigenvalue weighted by atomic mass is 10.1. The molecule has 1 aliphatic heterocycles. The molecule has 1 N–H and O–H groups in total. The van der Waals surface area contributed by atoms with E-state index in [1.54, 1.807) is 11.8 Å². The van der Waals surface area contributed by atoms with Crippen molar-refractivity contribution in [3.05, 3.63) is 29.0 Å². The van der Waals surface area contributed by atoms with E-state index in [1.807, 2.05) is 0 Å². The topological polar surface area (TPSA) is 58.6 Å². The summed E-state index contributed by atoms with van der Waals surface area (Å²) in [5.74, 6) is -0.383. The van der Waals surface area contributed by atoms with Gasteiger partial charge >= 0.3 is 0 Å². The van der Waals surface area contributed by atoms with E-state index < -0.39 is 5.82 Å². The van der Waals surface area contributed by atoms with Crippen molar-refractivity contribution in [3.63, 3.8) is 0 Å². The number of benzene rings is 1. The maximum absolute atomic E-state index is 13.0. The van der Waals surface area contributed by atoms with Crippen molar-refractivity contribution in [2.45, 2.75) is 25.8 Å². The second-order valence-corrected chi connectivity index (χ2v) is 5.62. The smallest absolute Gasteiger partial charge is 0.258 e. The van der Waals surface area contributed by atoms with E-state index in [0.717, 1.165) is 12.8 Å². The number of nitrogens with one attached hydrogen (secondary N) is 1. The van der Waals surface area contributed by atoms with Crippen LogP contribution in [0.3, 0.4) is 0 Å². The molecule has 0 aliphatic carbocycles. The molecule has 0 spiro atoms. The fraction of sp³-hybridized carbons (Fsp3) is 0.467. The van der Waals surface area contributed by atoms with Gasteiger partial charge in [0.05, 0.1) is 5.02 Å². The van der Waals surface area contributed by atoms with E-state index in [9.17, 15) is 14.0 Å². The van der Waals surface area contributed by atoms with E-state index in [1.165, 1.54) is 18.2 Å². The first kappa shape index (κ1) is 16.5. The van der Waals surface area contributed by atoms with Crippen molar-refractivity contribution in [3.8, 4) is 5.75 Å². The second-order valence-electron chi connectivity index (χ2n) is 5.21. The fourth-order valence-electron chi connectivity index (χ4n) is 2.32. The van der Waals surface area contributed by atoms with Crippen molar-refractivity contribution < 1.29 is 18.7 Å². The van der Waals surface area contributed by atoms with Gasteiger partial charge in [-0.3, -0.25) is 9.59 Å². The standard InChI is InChI=1S/C15H18ClFN2O3/c1-10(20)19-6-4-11(5-7-19)18-15(21)9-22-12-2-3-14(17)13(16)8-12/h2-3,8,11H,4-7,9H2,1H3,(H,18,21). The van der Waals surface area contributed by atoms with Gasteiger partial charge in [-0.15, -0.1) is 0 Å². The van der Waals surface area contributed by atoms with Gasteiger partial charge in [-0.1, -0.05) is 11.6 Å². The zero-order chi connectivity index (χ0) is 16.1. The van der Waals surface area contributed by atoms with Crippen molar-refractivity contribution in [1.82, 2.24) is 10.2 Å². The zero-order valence-electron chi connectivity index (χ0n) is 12.3. The first-order valence-electron chi connectivity index (χ1n) is 7.08. The number of hydrogen-bond acceptors (Lipinski definition) is 3. The van der Waals surface area contributed by atoms with Crippen LogP contribution < -0.4 is 10.1 Å². The van der Waals surface area contributed by atoms with Crippen LogP contribution in [0.1, 0.15) is 19.8 Å². The van der Waals surface area contributed by atoms with Gasteiger partial charge in [0.2, 0.25) is 5.91 Å². The molecule has 0 saturated carbocycles. The van der Waals surface area contributed by atoms with Gasteiger partial charge < -0.3 is 15.0 Å². The van der Waals surface area contributed by atoms with Crippen LogP contribution in [0.2, 0.25) is 5.02 Å². The first-order chi connectivity index (χ1) is 10.5. The Labute approximate surface area is 133 Å². The van der Waals surface area contributed by atoms with Crippen molar-refractivity contribution >= 4 is 23.4 Å². The minimum atomic E-state index is -0.532. The summed E-state index contributed by atoms with van der Waals surface area (Å²) in [5.41, 5.74) is 0. The summed E-state index contributed by atoms with van der Waals surface area (Å²) in [6.07, 6.45) is 1.46. The molecular weight excluding hydrogens is 311 g/mol. The monoisotopic (exact) mass is 328 g/mol. The van der Waals surface area contributed by atoms with Crippen LogP contribution in [-0.2, 0) is 9.59 Å². The second kappa shape index (κ2) is 7.45. The maximum Gasteiger partial charge on any atom is 0.258 e. The van der Waals surface area contributed by atoms with Crippen LogP contribution in [-0.4, -0.2) is 42.5 Å². The predicted octanol–water partition coefficient (Wildman–Crippen LogP) is 1.98. The molecular formula is C15H18ClFN2O3. The largest absolute Gasteiger partial charge is 0.484 e. The molecule has 1 fully saturated rings. The van der Waals surface area contributed by atoms with Gasteiger partial charge in [0.15, 0.2) is 6.61 Å². The average Bonchev–Trinajstić information content (AvgIpc) is 2.49. The maximum atomic E-state index is 13.0. The highest BCUT2D eigenvalue weighted by atomic mass is 35.5. The SMILES string of the molecule is CC(=O)N1CCC(NC(=O)COc2ccc(F)c(Cl)c2)CC1. The molecule has 5 nitrogen and oxygen atoms in total. The summed E-state index contributed by atoms with van der Waals surface area (Å²) in [6.45, 7) is 2.68. The lowest BCUT2D eigenvalue weighted by Gasteiger charge is -2.31. The summed E-state index contributed by atoms with van der Waals surface area (Å²) in [5, 5.41) is 2.82. The highest BCUT2D eigenvalue weighted by molar-refractivity contribution is 6.30. The third-order valence-electron chi connectivity index (χ3n) is 3.57. The van der Waals surface area contributed by atoms with E-state index in [4.69, 9.17) is 16.3 Å². The normalized spacial score (nSPS) is 15.5. The number of likely N-dealkylation sites (tertiary alicyclic amines) is 1. The van der Waals surface area contributed by atoms with Gasteiger partial charge in [0.1, 0.15) is 11.6 Å². The van der Waals surface area contributed by atoms with E-state index >= 15 is 0 Å². The lowest BCUT2D eigenvalue weighted by molar-refractivity contribution is -0.130. The van der Waals surface area contributed by atoms with Gasteiger partial charge in [-0.25, -0.2) is 4.39 Å². The van der Waals surface area contributed by atoms with Gasteiger partial charge in [-0.05, 0) is 25.0 Å². The van der Waals surface area contributed by atoms with Crippen LogP contribution in [0.5, 0.6) is 5.75 Å². The zero-order valence-corrected chi connectivity index (χ0v) is 13.0. The van der Waals surface area contributed by atoms with E-state index in [2.05, 4.69) is 5.32 Å². The molecule has 0 unspecified atom stereocenters. The summed E-state index contributed by atoms with van der Waals surface area (Å²) >= 11 is 5.64. The molecule has 1 aliphatic rings. The molecule has 2 amide bonds. The minimum absolute atomic E-state index is 0.0449. The Bertz CT molecular complexity index is 560. The van der Waals surface area contributed by atoms with Crippen LogP contribution >= 0.6 is 11.6 Å². The number of hydrogen-bond donors (Lipinski definition) is 1. The number of carbonyl (C=O) groups is 2. The van der Waals surface area contributed by atoms with Crippen molar-refractivity contribution in [1.29, 1.82) is 0 Å². The summed E-state index contributed by atoms with van der Waals surface area (Å²) in [6, 6.07) is 3.98. The molecule has 22 heavy (non-hydrogen) atoms. The number of piperidine rings is 1. The van der Waals surface area contributed by atoms with Gasteiger partial charge in [-0.2, -0.15) is 0 Å². The van der Waals surface area contributed by atoms with Crippen LogP contribution in [0, 0.1) is 5.82 Å². The number of amides is 2. The van der Waals surface area contributed by atoms with Gasteiger partial charge in [0.25, 0.3) is 5.91 Å². The number of nitrogens with zero attached hydrogens (tertiary/aromatic N) is 1. The van der Waals surface area contributed by atoms with Crippen LogP contribution in [0.15, 0.2) is 18.2 Å².